The zero-order valence-electron chi connectivity index (χ0n) is 14.6. The highest BCUT2D eigenvalue weighted by Gasteiger charge is 2.76. The van der Waals surface area contributed by atoms with E-state index >= 15 is 0 Å². The van der Waals surface area contributed by atoms with Crippen LogP contribution in [-0.4, -0.2) is 34.5 Å². The number of carbonyl (C=O) groups excluding carboxylic acids is 1. The Labute approximate surface area is 143 Å². The molecule has 4 saturated carbocycles. The third-order valence-electron chi connectivity index (χ3n) is 8.94. The summed E-state index contributed by atoms with van der Waals surface area (Å²) in [6.45, 7) is 8.49. The molecule has 1 spiro atoms. The first kappa shape index (κ1) is 15.4. The zero-order valence-corrected chi connectivity index (χ0v) is 14.6. The average Bonchev–Trinajstić information content (AvgIpc) is 2.92. The van der Waals surface area contributed by atoms with Crippen LogP contribution in [0.5, 0.6) is 0 Å². The van der Waals surface area contributed by atoms with E-state index in [0.717, 1.165) is 44.1 Å². The van der Waals surface area contributed by atoms with E-state index in [9.17, 15) is 15.0 Å². The van der Waals surface area contributed by atoms with Gasteiger partial charge in [0.2, 0.25) is 0 Å². The quantitative estimate of drug-likeness (QED) is 0.528. The van der Waals surface area contributed by atoms with E-state index in [4.69, 9.17) is 4.74 Å². The Kier molecular flexibility index (Phi) is 2.74. The SMILES string of the molecule is C=C1C2CCC3C4(C)CCCC5(C)C(=O)OC(C54)C(O)C3(C2)C1O. The van der Waals surface area contributed by atoms with Crippen LogP contribution in [0.1, 0.15) is 52.4 Å². The van der Waals surface area contributed by atoms with Crippen molar-refractivity contribution in [1.29, 1.82) is 0 Å². The Balaban J connectivity index is 1.72. The number of rotatable bonds is 0. The molecule has 132 valence electrons. The first-order valence-electron chi connectivity index (χ1n) is 9.53. The molecule has 1 saturated heterocycles. The number of aliphatic hydroxyl groups is 2. The molecule has 5 rings (SSSR count). The summed E-state index contributed by atoms with van der Waals surface area (Å²) in [7, 11) is 0. The minimum atomic E-state index is -0.776. The number of hydrogen-bond acceptors (Lipinski definition) is 4. The minimum absolute atomic E-state index is 0.0559. The highest BCUT2D eigenvalue weighted by atomic mass is 16.6. The molecule has 4 nitrogen and oxygen atoms in total. The summed E-state index contributed by atoms with van der Waals surface area (Å²) in [5.74, 6) is 0.467. The van der Waals surface area contributed by atoms with Crippen molar-refractivity contribution >= 4 is 5.97 Å². The topological polar surface area (TPSA) is 66.8 Å². The molecule has 0 aromatic carbocycles. The van der Waals surface area contributed by atoms with Crippen LogP contribution < -0.4 is 0 Å². The fourth-order valence-electron chi connectivity index (χ4n) is 8.04. The van der Waals surface area contributed by atoms with Crippen LogP contribution in [0.3, 0.4) is 0 Å². The number of hydrogen-bond donors (Lipinski definition) is 2. The van der Waals surface area contributed by atoms with Gasteiger partial charge in [0, 0.05) is 11.3 Å². The molecule has 5 fully saturated rings. The Morgan fingerprint density at radius 2 is 1.96 bits per heavy atom. The van der Waals surface area contributed by atoms with Crippen molar-refractivity contribution in [1.82, 2.24) is 0 Å². The molecule has 2 bridgehead atoms. The van der Waals surface area contributed by atoms with Crippen molar-refractivity contribution in [3.8, 4) is 0 Å². The van der Waals surface area contributed by atoms with Gasteiger partial charge < -0.3 is 14.9 Å². The molecule has 9 unspecified atom stereocenters. The van der Waals surface area contributed by atoms with Crippen molar-refractivity contribution in [2.24, 2.45) is 34.0 Å². The monoisotopic (exact) mass is 332 g/mol. The summed E-state index contributed by atoms with van der Waals surface area (Å²) in [6, 6.07) is 0. The highest BCUT2D eigenvalue weighted by Crippen LogP contribution is 2.74. The van der Waals surface area contributed by atoms with Gasteiger partial charge >= 0.3 is 5.97 Å². The van der Waals surface area contributed by atoms with Crippen LogP contribution in [0.4, 0.5) is 0 Å². The second-order valence-electron chi connectivity index (χ2n) is 9.69. The molecule has 4 aliphatic carbocycles. The van der Waals surface area contributed by atoms with E-state index in [1.165, 1.54) is 0 Å². The van der Waals surface area contributed by atoms with Crippen molar-refractivity contribution in [3.05, 3.63) is 12.2 Å². The van der Waals surface area contributed by atoms with Gasteiger partial charge in [-0.05, 0) is 61.9 Å². The summed E-state index contributed by atoms with van der Waals surface area (Å²) in [4.78, 5) is 12.7. The van der Waals surface area contributed by atoms with Crippen molar-refractivity contribution < 1.29 is 19.7 Å². The molecule has 4 heteroatoms. The van der Waals surface area contributed by atoms with E-state index in [0.29, 0.717) is 5.92 Å². The summed E-state index contributed by atoms with van der Waals surface area (Å²) in [5.41, 5.74) is -0.211. The van der Waals surface area contributed by atoms with Gasteiger partial charge in [0.1, 0.15) is 6.10 Å². The maximum atomic E-state index is 12.7. The van der Waals surface area contributed by atoms with Crippen LogP contribution in [0.25, 0.3) is 0 Å². The fraction of sp³-hybridized carbons (Fsp3) is 0.850. The van der Waals surface area contributed by atoms with E-state index in [-0.39, 0.29) is 23.2 Å². The summed E-state index contributed by atoms with van der Waals surface area (Å²) in [6.07, 6.45) is 3.88. The van der Waals surface area contributed by atoms with E-state index < -0.39 is 29.1 Å². The molecule has 9 atom stereocenters. The Bertz CT molecular complexity index is 644. The number of fused-ring (bicyclic) bond motifs is 2. The van der Waals surface area contributed by atoms with Gasteiger partial charge in [0.15, 0.2) is 0 Å². The molecule has 2 N–H and O–H groups in total. The molecule has 1 heterocycles. The van der Waals surface area contributed by atoms with Crippen molar-refractivity contribution in [3.63, 3.8) is 0 Å². The number of aliphatic hydroxyl groups excluding tert-OH is 2. The van der Waals surface area contributed by atoms with Gasteiger partial charge in [0.25, 0.3) is 0 Å². The van der Waals surface area contributed by atoms with E-state index in [2.05, 4.69) is 13.5 Å². The predicted molar refractivity (Wildman–Crippen MR) is 87.9 cm³/mol. The maximum Gasteiger partial charge on any atom is 0.312 e. The minimum Gasteiger partial charge on any atom is -0.459 e. The molecule has 0 aromatic heterocycles. The highest BCUT2D eigenvalue weighted by molar-refractivity contribution is 5.80. The third kappa shape index (κ3) is 1.37. The van der Waals surface area contributed by atoms with E-state index in [1.807, 2.05) is 6.92 Å². The second kappa shape index (κ2) is 4.27. The largest absolute Gasteiger partial charge is 0.459 e. The van der Waals surface area contributed by atoms with Gasteiger partial charge in [-0.25, -0.2) is 0 Å². The van der Waals surface area contributed by atoms with Gasteiger partial charge in [-0.3, -0.25) is 4.79 Å². The lowest BCUT2D eigenvalue weighted by atomic mass is 9.40. The molecular formula is C20H28O4. The third-order valence-corrected chi connectivity index (χ3v) is 8.94. The zero-order chi connectivity index (χ0) is 17.1. The first-order valence-corrected chi connectivity index (χ1v) is 9.53. The van der Waals surface area contributed by atoms with Crippen LogP contribution in [-0.2, 0) is 9.53 Å². The summed E-state index contributed by atoms with van der Waals surface area (Å²) >= 11 is 0. The lowest BCUT2D eigenvalue weighted by molar-refractivity contribution is -0.240. The lowest BCUT2D eigenvalue weighted by Gasteiger charge is -2.64. The van der Waals surface area contributed by atoms with Gasteiger partial charge in [-0.15, -0.1) is 0 Å². The van der Waals surface area contributed by atoms with Gasteiger partial charge in [-0.2, -0.15) is 0 Å². The summed E-state index contributed by atoms with van der Waals surface area (Å²) < 4.78 is 5.81. The maximum absolute atomic E-state index is 12.7. The number of carbonyl (C=O) groups is 1. The predicted octanol–water partition coefficient (Wildman–Crippen LogP) is 2.43. The van der Waals surface area contributed by atoms with Crippen molar-refractivity contribution in [2.45, 2.75) is 70.7 Å². The molecule has 5 aliphatic rings. The van der Waals surface area contributed by atoms with E-state index in [1.54, 1.807) is 0 Å². The molecule has 1 aliphatic heterocycles. The Hall–Kier alpha value is -0.870. The Morgan fingerprint density at radius 1 is 1.21 bits per heavy atom. The number of esters is 1. The molecule has 0 radical (unpaired) electrons. The van der Waals surface area contributed by atoms with Crippen LogP contribution >= 0.6 is 0 Å². The summed E-state index contributed by atoms with van der Waals surface area (Å²) in [5, 5.41) is 22.4. The smallest absolute Gasteiger partial charge is 0.312 e. The average molecular weight is 332 g/mol. The van der Waals surface area contributed by atoms with Crippen LogP contribution in [0.15, 0.2) is 12.2 Å². The molecule has 24 heavy (non-hydrogen) atoms. The number of ether oxygens (including phenoxy) is 1. The molecular weight excluding hydrogens is 304 g/mol. The standard InChI is InChI=1S/C20H28O4/c1-10-11-5-6-12-18(2)7-4-8-19(3)14(18)13(24-17(19)23)16(22)20(12,9-11)15(10)21/h11-16,21-22H,1,4-9H2,2-3H3. The van der Waals surface area contributed by atoms with Gasteiger partial charge in [-0.1, -0.05) is 19.9 Å². The molecule has 0 aromatic rings. The normalized spacial score (nSPS) is 61.3. The lowest BCUT2D eigenvalue weighted by Crippen LogP contribution is -2.68. The van der Waals surface area contributed by atoms with Gasteiger partial charge in [0.05, 0.1) is 17.6 Å². The first-order chi connectivity index (χ1) is 11.3. The van der Waals surface area contributed by atoms with Crippen LogP contribution in [0.2, 0.25) is 0 Å². The van der Waals surface area contributed by atoms with Crippen LogP contribution in [0, 0.1) is 34.0 Å². The molecule has 0 amide bonds. The second-order valence-corrected chi connectivity index (χ2v) is 9.69. The fourth-order valence-corrected chi connectivity index (χ4v) is 8.04. The van der Waals surface area contributed by atoms with Crippen molar-refractivity contribution in [2.75, 3.05) is 0 Å². The Morgan fingerprint density at radius 3 is 2.71 bits per heavy atom.